The molecule has 0 amide bonds. The summed E-state index contributed by atoms with van der Waals surface area (Å²) in [5.41, 5.74) is 0.573. The summed E-state index contributed by atoms with van der Waals surface area (Å²) in [4.78, 5) is 12.6. The van der Waals surface area contributed by atoms with E-state index >= 15 is 0 Å². The molecule has 0 saturated heterocycles. The standard InChI is InChI=1S/C11H14O3S/c1-13-7-8-14-11(12)9-3-5-10(15-2)6-4-9/h3-6H,7-8H2,1-2H3. The molecule has 0 heterocycles. The molecule has 82 valence electrons. The van der Waals surface area contributed by atoms with Gasteiger partial charge in [-0.3, -0.25) is 0 Å². The number of rotatable bonds is 5. The van der Waals surface area contributed by atoms with Gasteiger partial charge in [-0.25, -0.2) is 4.79 Å². The Kier molecular flexibility index (Phi) is 5.21. The van der Waals surface area contributed by atoms with Crippen molar-refractivity contribution in [2.45, 2.75) is 4.90 Å². The topological polar surface area (TPSA) is 35.5 Å². The fourth-order valence-corrected chi connectivity index (χ4v) is 1.44. The summed E-state index contributed by atoms with van der Waals surface area (Å²) < 4.78 is 9.76. The van der Waals surface area contributed by atoms with E-state index in [0.29, 0.717) is 18.8 Å². The SMILES string of the molecule is COCCOC(=O)c1ccc(SC)cc1. The maximum atomic E-state index is 11.4. The molecule has 0 aliphatic heterocycles. The number of esters is 1. The lowest BCUT2D eigenvalue weighted by molar-refractivity contribution is 0.0388. The number of methoxy groups -OCH3 is 1. The molecule has 0 fully saturated rings. The number of ether oxygens (including phenoxy) is 2. The minimum Gasteiger partial charge on any atom is -0.460 e. The lowest BCUT2D eigenvalue weighted by atomic mass is 10.2. The van der Waals surface area contributed by atoms with Crippen LogP contribution in [0.4, 0.5) is 0 Å². The van der Waals surface area contributed by atoms with Gasteiger partial charge >= 0.3 is 5.97 Å². The van der Waals surface area contributed by atoms with Crippen LogP contribution in [0.25, 0.3) is 0 Å². The van der Waals surface area contributed by atoms with Crippen LogP contribution in [-0.4, -0.2) is 32.5 Å². The van der Waals surface area contributed by atoms with Gasteiger partial charge in [0.05, 0.1) is 12.2 Å². The van der Waals surface area contributed by atoms with E-state index in [1.54, 1.807) is 31.0 Å². The van der Waals surface area contributed by atoms with Crippen LogP contribution in [0.5, 0.6) is 0 Å². The van der Waals surface area contributed by atoms with E-state index < -0.39 is 0 Å². The van der Waals surface area contributed by atoms with Crippen LogP contribution in [-0.2, 0) is 9.47 Å². The van der Waals surface area contributed by atoms with Crippen molar-refractivity contribution in [1.29, 1.82) is 0 Å². The predicted molar refractivity (Wildman–Crippen MR) is 60.4 cm³/mol. The summed E-state index contributed by atoms with van der Waals surface area (Å²) >= 11 is 1.64. The first-order chi connectivity index (χ1) is 7.27. The highest BCUT2D eigenvalue weighted by atomic mass is 32.2. The van der Waals surface area contributed by atoms with Crippen LogP contribution in [0.3, 0.4) is 0 Å². The Morgan fingerprint density at radius 1 is 1.27 bits per heavy atom. The highest BCUT2D eigenvalue weighted by Crippen LogP contribution is 2.15. The number of carbonyl (C=O) groups is 1. The Hall–Kier alpha value is -1.00. The summed E-state index contributed by atoms with van der Waals surface area (Å²) in [5.74, 6) is -0.306. The first kappa shape index (κ1) is 12.1. The van der Waals surface area contributed by atoms with E-state index in [2.05, 4.69) is 0 Å². The van der Waals surface area contributed by atoms with Crippen molar-refractivity contribution >= 4 is 17.7 Å². The van der Waals surface area contributed by atoms with E-state index in [1.165, 1.54) is 0 Å². The van der Waals surface area contributed by atoms with Crippen molar-refractivity contribution in [3.63, 3.8) is 0 Å². The second kappa shape index (κ2) is 6.48. The molecule has 1 aromatic carbocycles. The summed E-state index contributed by atoms with van der Waals surface area (Å²) in [7, 11) is 1.57. The Labute approximate surface area is 93.8 Å². The van der Waals surface area contributed by atoms with E-state index in [4.69, 9.17) is 9.47 Å². The Balaban J connectivity index is 2.50. The van der Waals surface area contributed by atoms with Gasteiger partial charge in [0.1, 0.15) is 6.61 Å². The number of benzene rings is 1. The van der Waals surface area contributed by atoms with Gasteiger partial charge in [0.25, 0.3) is 0 Å². The minimum atomic E-state index is -0.306. The molecule has 0 atom stereocenters. The molecule has 0 spiro atoms. The van der Waals surface area contributed by atoms with E-state index in [9.17, 15) is 4.79 Å². The van der Waals surface area contributed by atoms with Gasteiger partial charge in [-0.2, -0.15) is 0 Å². The van der Waals surface area contributed by atoms with Crippen LogP contribution in [0.15, 0.2) is 29.2 Å². The fourth-order valence-electron chi connectivity index (χ4n) is 1.03. The summed E-state index contributed by atoms with van der Waals surface area (Å²) in [6, 6.07) is 7.33. The van der Waals surface area contributed by atoms with Crippen molar-refractivity contribution in [2.24, 2.45) is 0 Å². The Morgan fingerprint density at radius 3 is 2.47 bits per heavy atom. The van der Waals surface area contributed by atoms with Gasteiger partial charge in [0.15, 0.2) is 0 Å². The molecule has 0 aromatic heterocycles. The third-order valence-electron chi connectivity index (χ3n) is 1.85. The number of hydrogen-bond acceptors (Lipinski definition) is 4. The molecule has 0 bridgehead atoms. The Bertz CT molecular complexity index is 308. The van der Waals surface area contributed by atoms with Gasteiger partial charge in [0.2, 0.25) is 0 Å². The molecule has 1 aromatic rings. The van der Waals surface area contributed by atoms with Crippen molar-refractivity contribution < 1.29 is 14.3 Å². The van der Waals surface area contributed by atoms with Crippen molar-refractivity contribution in [3.8, 4) is 0 Å². The molecule has 0 aliphatic rings. The van der Waals surface area contributed by atoms with Gasteiger partial charge in [-0.15, -0.1) is 11.8 Å². The zero-order valence-corrected chi connectivity index (χ0v) is 9.67. The monoisotopic (exact) mass is 226 g/mol. The molecule has 15 heavy (non-hydrogen) atoms. The second-order valence-corrected chi connectivity index (χ2v) is 3.74. The molecular weight excluding hydrogens is 212 g/mol. The van der Waals surface area contributed by atoms with Crippen LogP contribution in [0.1, 0.15) is 10.4 Å². The van der Waals surface area contributed by atoms with Crippen LogP contribution >= 0.6 is 11.8 Å². The first-order valence-corrected chi connectivity index (χ1v) is 5.80. The zero-order chi connectivity index (χ0) is 11.1. The lowest BCUT2D eigenvalue weighted by Crippen LogP contribution is -2.09. The summed E-state index contributed by atoms with van der Waals surface area (Å²) in [6.45, 7) is 0.717. The van der Waals surface area contributed by atoms with E-state index in [-0.39, 0.29) is 5.97 Å². The Morgan fingerprint density at radius 2 is 1.93 bits per heavy atom. The highest BCUT2D eigenvalue weighted by Gasteiger charge is 2.05. The van der Waals surface area contributed by atoms with E-state index in [1.807, 2.05) is 18.4 Å². The normalized spacial score (nSPS) is 10.0. The van der Waals surface area contributed by atoms with Crippen LogP contribution < -0.4 is 0 Å². The molecular formula is C11H14O3S. The lowest BCUT2D eigenvalue weighted by Gasteiger charge is -2.04. The average molecular weight is 226 g/mol. The van der Waals surface area contributed by atoms with Gasteiger partial charge in [-0.05, 0) is 30.5 Å². The number of thioether (sulfide) groups is 1. The van der Waals surface area contributed by atoms with E-state index in [0.717, 1.165) is 4.90 Å². The molecule has 4 heteroatoms. The average Bonchev–Trinajstić information content (AvgIpc) is 2.29. The smallest absolute Gasteiger partial charge is 0.338 e. The van der Waals surface area contributed by atoms with Gasteiger partial charge in [0, 0.05) is 12.0 Å². The van der Waals surface area contributed by atoms with Gasteiger partial charge < -0.3 is 9.47 Å². The zero-order valence-electron chi connectivity index (χ0n) is 8.86. The van der Waals surface area contributed by atoms with Crippen molar-refractivity contribution in [1.82, 2.24) is 0 Å². The molecule has 3 nitrogen and oxygen atoms in total. The molecule has 0 aliphatic carbocycles. The number of hydrogen-bond donors (Lipinski definition) is 0. The molecule has 0 radical (unpaired) electrons. The third-order valence-corrected chi connectivity index (χ3v) is 2.59. The minimum absolute atomic E-state index is 0.291. The summed E-state index contributed by atoms with van der Waals surface area (Å²) in [6.07, 6.45) is 1.99. The predicted octanol–water partition coefficient (Wildman–Crippen LogP) is 2.21. The molecule has 0 N–H and O–H groups in total. The quantitative estimate of drug-likeness (QED) is 0.438. The molecule has 0 saturated carbocycles. The molecule has 0 unspecified atom stereocenters. The van der Waals surface area contributed by atoms with Crippen molar-refractivity contribution in [3.05, 3.63) is 29.8 Å². The first-order valence-electron chi connectivity index (χ1n) is 4.58. The summed E-state index contributed by atoms with van der Waals surface area (Å²) in [5, 5.41) is 0. The van der Waals surface area contributed by atoms with Crippen LogP contribution in [0.2, 0.25) is 0 Å². The second-order valence-electron chi connectivity index (χ2n) is 2.86. The number of carbonyl (C=O) groups excluding carboxylic acids is 1. The highest BCUT2D eigenvalue weighted by molar-refractivity contribution is 7.98. The van der Waals surface area contributed by atoms with Crippen molar-refractivity contribution in [2.75, 3.05) is 26.6 Å². The maximum Gasteiger partial charge on any atom is 0.338 e. The largest absolute Gasteiger partial charge is 0.460 e. The third kappa shape index (κ3) is 3.93. The fraction of sp³-hybridized carbons (Fsp3) is 0.364. The van der Waals surface area contributed by atoms with Crippen LogP contribution in [0, 0.1) is 0 Å². The maximum absolute atomic E-state index is 11.4. The van der Waals surface area contributed by atoms with Gasteiger partial charge in [-0.1, -0.05) is 0 Å². The molecule has 1 rings (SSSR count).